The third-order valence-corrected chi connectivity index (χ3v) is 3.05. The van der Waals surface area contributed by atoms with Crippen molar-refractivity contribution in [3.8, 4) is 5.75 Å². The van der Waals surface area contributed by atoms with E-state index in [9.17, 15) is 9.59 Å². The Morgan fingerprint density at radius 3 is 2.37 bits per heavy atom. The molecule has 0 saturated carbocycles. The Morgan fingerprint density at radius 2 is 1.74 bits per heavy atom. The molecule has 0 radical (unpaired) electrons. The van der Waals surface area contributed by atoms with E-state index in [1.807, 2.05) is 31.2 Å². The summed E-state index contributed by atoms with van der Waals surface area (Å²) in [4.78, 5) is 22.9. The smallest absolute Gasteiger partial charge is 0.169 e. The molecule has 0 N–H and O–H groups in total. The third-order valence-electron chi connectivity index (χ3n) is 3.05. The van der Waals surface area contributed by atoms with Crippen LogP contribution in [0.5, 0.6) is 5.75 Å². The summed E-state index contributed by atoms with van der Waals surface area (Å²) < 4.78 is 5.55. The fourth-order valence-electron chi connectivity index (χ4n) is 1.96. The van der Waals surface area contributed by atoms with Gasteiger partial charge in [-0.15, -0.1) is 0 Å². The Hall–Kier alpha value is -2.16. The molecular weight excluding hydrogens is 240 g/mol. The zero-order valence-corrected chi connectivity index (χ0v) is 11.1. The maximum absolute atomic E-state index is 11.6. The molecule has 0 bridgehead atoms. The van der Waals surface area contributed by atoms with Gasteiger partial charge in [0.25, 0.3) is 0 Å². The molecule has 19 heavy (non-hydrogen) atoms. The van der Waals surface area contributed by atoms with Gasteiger partial charge in [-0.05, 0) is 24.4 Å². The summed E-state index contributed by atoms with van der Waals surface area (Å²) in [6.45, 7) is 3.42. The minimum atomic E-state index is 0.0207. The molecule has 0 atom stereocenters. The van der Waals surface area contributed by atoms with Crippen LogP contribution in [0, 0.1) is 0 Å². The minimum absolute atomic E-state index is 0.0207. The standard InChI is InChI=1S/C16H16O3/c1-3-12(18)10-19-16-9-8-13(11(2)17)14-6-4-5-7-15(14)16/h4-9H,3,10H2,1-2H3. The summed E-state index contributed by atoms with van der Waals surface area (Å²) in [5.41, 5.74) is 0.671. The van der Waals surface area contributed by atoms with Crippen molar-refractivity contribution in [3.05, 3.63) is 42.0 Å². The van der Waals surface area contributed by atoms with Crippen LogP contribution in [0.3, 0.4) is 0 Å². The normalized spacial score (nSPS) is 10.4. The fourth-order valence-corrected chi connectivity index (χ4v) is 1.96. The van der Waals surface area contributed by atoms with Crippen molar-refractivity contribution in [2.75, 3.05) is 6.61 Å². The lowest BCUT2D eigenvalue weighted by Crippen LogP contribution is -2.10. The number of carbonyl (C=O) groups is 2. The van der Waals surface area contributed by atoms with Gasteiger partial charge in [0.1, 0.15) is 12.4 Å². The van der Waals surface area contributed by atoms with Crippen LogP contribution in [0.2, 0.25) is 0 Å². The van der Waals surface area contributed by atoms with E-state index in [0.717, 1.165) is 10.8 Å². The van der Waals surface area contributed by atoms with Gasteiger partial charge < -0.3 is 4.74 Å². The van der Waals surface area contributed by atoms with Gasteiger partial charge in [0, 0.05) is 17.4 Å². The van der Waals surface area contributed by atoms with E-state index in [0.29, 0.717) is 17.7 Å². The van der Waals surface area contributed by atoms with Gasteiger partial charge in [-0.1, -0.05) is 31.2 Å². The Morgan fingerprint density at radius 1 is 1.05 bits per heavy atom. The van der Waals surface area contributed by atoms with Crippen molar-refractivity contribution >= 4 is 22.3 Å². The zero-order chi connectivity index (χ0) is 13.8. The second-order valence-electron chi connectivity index (χ2n) is 4.39. The number of carbonyl (C=O) groups excluding carboxylic acids is 2. The number of fused-ring (bicyclic) bond motifs is 1. The summed E-state index contributed by atoms with van der Waals surface area (Å²) in [6, 6.07) is 11.1. The first kappa shape index (κ1) is 13.3. The first-order valence-corrected chi connectivity index (χ1v) is 6.30. The molecule has 0 unspecified atom stereocenters. The SMILES string of the molecule is CCC(=O)COc1ccc(C(C)=O)c2ccccc12. The molecule has 0 aliphatic rings. The van der Waals surface area contributed by atoms with E-state index in [4.69, 9.17) is 4.74 Å². The average Bonchev–Trinajstić information content (AvgIpc) is 2.43. The molecule has 0 saturated heterocycles. The van der Waals surface area contributed by atoms with Crippen LogP contribution in [-0.2, 0) is 4.79 Å². The van der Waals surface area contributed by atoms with Crippen LogP contribution in [0.15, 0.2) is 36.4 Å². The Labute approximate surface area is 112 Å². The number of ether oxygens (including phenoxy) is 1. The molecule has 3 nitrogen and oxygen atoms in total. The molecule has 98 valence electrons. The molecule has 2 aromatic rings. The van der Waals surface area contributed by atoms with E-state index in [1.165, 1.54) is 0 Å². The highest BCUT2D eigenvalue weighted by molar-refractivity contribution is 6.08. The van der Waals surface area contributed by atoms with E-state index < -0.39 is 0 Å². The van der Waals surface area contributed by atoms with Crippen LogP contribution >= 0.6 is 0 Å². The molecule has 0 fully saturated rings. The number of hydrogen-bond acceptors (Lipinski definition) is 3. The monoisotopic (exact) mass is 256 g/mol. The lowest BCUT2D eigenvalue weighted by molar-refractivity contribution is -0.120. The highest BCUT2D eigenvalue weighted by Crippen LogP contribution is 2.28. The van der Waals surface area contributed by atoms with Gasteiger partial charge in [-0.25, -0.2) is 0 Å². The molecule has 0 aromatic heterocycles. The zero-order valence-electron chi connectivity index (χ0n) is 11.1. The third kappa shape index (κ3) is 2.81. The van der Waals surface area contributed by atoms with Crippen LogP contribution in [0.25, 0.3) is 10.8 Å². The van der Waals surface area contributed by atoms with Gasteiger partial charge in [-0.2, -0.15) is 0 Å². The lowest BCUT2D eigenvalue weighted by Gasteiger charge is -2.10. The molecular formula is C16H16O3. The summed E-state index contributed by atoms with van der Waals surface area (Å²) in [5.74, 6) is 0.717. The van der Waals surface area contributed by atoms with E-state index >= 15 is 0 Å². The minimum Gasteiger partial charge on any atom is -0.485 e. The van der Waals surface area contributed by atoms with Crippen molar-refractivity contribution in [1.29, 1.82) is 0 Å². The summed E-state index contributed by atoms with van der Waals surface area (Å²) in [6.07, 6.45) is 0.462. The highest BCUT2D eigenvalue weighted by atomic mass is 16.5. The summed E-state index contributed by atoms with van der Waals surface area (Å²) in [5, 5.41) is 1.72. The van der Waals surface area contributed by atoms with Crippen molar-refractivity contribution in [3.63, 3.8) is 0 Å². The average molecular weight is 256 g/mol. The fraction of sp³-hybridized carbons (Fsp3) is 0.250. The van der Waals surface area contributed by atoms with Crippen LogP contribution in [0.1, 0.15) is 30.6 Å². The van der Waals surface area contributed by atoms with Crippen LogP contribution < -0.4 is 4.74 Å². The molecule has 0 aliphatic heterocycles. The molecule has 0 heterocycles. The molecule has 2 rings (SSSR count). The maximum Gasteiger partial charge on any atom is 0.169 e. The Bertz CT molecular complexity index is 629. The summed E-state index contributed by atoms with van der Waals surface area (Å²) in [7, 11) is 0. The number of ketones is 2. The lowest BCUT2D eigenvalue weighted by atomic mass is 10.0. The first-order chi connectivity index (χ1) is 9.13. The Balaban J connectivity index is 2.44. The molecule has 0 aliphatic carbocycles. The molecule has 0 spiro atoms. The van der Waals surface area contributed by atoms with Crippen molar-refractivity contribution in [1.82, 2.24) is 0 Å². The predicted molar refractivity (Wildman–Crippen MR) is 74.7 cm³/mol. The number of rotatable bonds is 5. The van der Waals surface area contributed by atoms with E-state index in [1.54, 1.807) is 19.1 Å². The number of Topliss-reactive ketones (excluding diaryl/α,β-unsaturated/α-hetero) is 2. The van der Waals surface area contributed by atoms with Crippen LogP contribution in [0.4, 0.5) is 0 Å². The summed E-state index contributed by atoms with van der Waals surface area (Å²) >= 11 is 0. The van der Waals surface area contributed by atoms with Gasteiger partial charge in [-0.3, -0.25) is 9.59 Å². The van der Waals surface area contributed by atoms with Gasteiger partial charge in [0.2, 0.25) is 0 Å². The van der Waals surface area contributed by atoms with E-state index in [2.05, 4.69) is 0 Å². The van der Waals surface area contributed by atoms with Gasteiger partial charge in [0.15, 0.2) is 11.6 Å². The second-order valence-corrected chi connectivity index (χ2v) is 4.39. The molecule has 3 heteroatoms. The molecule has 2 aromatic carbocycles. The largest absolute Gasteiger partial charge is 0.485 e. The molecule has 0 amide bonds. The first-order valence-electron chi connectivity index (χ1n) is 6.30. The van der Waals surface area contributed by atoms with Crippen molar-refractivity contribution in [2.24, 2.45) is 0 Å². The van der Waals surface area contributed by atoms with Crippen LogP contribution in [-0.4, -0.2) is 18.2 Å². The quantitative estimate of drug-likeness (QED) is 0.770. The van der Waals surface area contributed by atoms with Crippen molar-refractivity contribution in [2.45, 2.75) is 20.3 Å². The van der Waals surface area contributed by atoms with Gasteiger partial charge >= 0.3 is 0 Å². The van der Waals surface area contributed by atoms with E-state index in [-0.39, 0.29) is 18.2 Å². The topological polar surface area (TPSA) is 43.4 Å². The Kier molecular flexibility index (Phi) is 3.95. The second kappa shape index (κ2) is 5.65. The predicted octanol–water partition coefficient (Wildman–Crippen LogP) is 3.40. The van der Waals surface area contributed by atoms with Crippen molar-refractivity contribution < 1.29 is 14.3 Å². The highest BCUT2D eigenvalue weighted by Gasteiger charge is 2.10. The number of benzene rings is 2. The van der Waals surface area contributed by atoms with Gasteiger partial charge in [0.05, 0.1) is 0 Å². The number of hydrogen-bond donors (Lipinski definition) is 0. The maximum atomic E-state index is 11.6.